The predicted octanol–water partition coefficient (Wildman–Crippen LogP) is 1.91. The molecule has 1 aromatic carbocycles. The first-order valence-electron chi connectivity index (χ1n) is 8.08. The molecule has 130 valence electrons. The molecule has 0 spiro atoms. The Morgan fingerprint density at radius 2 is 1.56 bits per heavy atom. The van der Waals surface area contributed by atoms with Crippen LogP contribution in [0.25, 0.3) is 0 Å². The van der Waals surface area contributed by atoms with Gasteiger partial charge in [0.25, 0.3) is 5.91 Å². The molecule has 0 radical (unpaired) electrons. The molecule has 6 heteroatoms. The second kappa shape index (κ2) is 8.30. The van der Waals surface area contributed by atoms with Gasteiger partial charge < -0.3 is 19.1 Å². The van der Waals surface area contributed by atoms with Crippen molar-refractivity contribution in [2.24, 2.45) is 0 Å². The summed E-state index contributed by atoms with van der Waals surface area (Å²) in [6.07, 6.45) is 3.24. The largest absolute Gasteiger partial charge is 0.463 e. The maximum absolute atomic E-state index is 12.9. The molecule has 25 heavy (non-hydrogen) atoms. The average molecular weight is 343 g/mol. The molecule has 5 nitrogen and oxygen atoms in total. The Balaban J connectivity index is 1.56. The van der Waals surface area contributed by atoms with Crippen molar-refractivity contribution in [3.05, 3.63) is 84.0 Å². The van der Waals surface area contributed by atoms with E-state index in [1.54, 1.807) is 24.7 Å². The molecule has 0 saturated heterocycles. The lowest BCUT2D eigenvalue weighted by atomic mass is 10.2. The molecule has 1 amide bonds. The number of benzene rings is 1. The van der Waals surface area contributed by atoms with Crippen molar-refractivity contribution in [3.8, 4) is 0 Å². The van der Waals surface area contributed by atoms with Crippen LogP contribution in [-0.4, -0.2) is 12.5 Å². The lowest BCUT2D eigenvalue weighted by molar-refractivity contribution is -0.921. The van der Waals surface area contributed by atoms with E-state index >= 15 is 0 Å². The van der Waals surface area contributed by atoms with Gasteiger partial charge in [0.15, 0.2) is 18.1 Å². The van der Waals surface area contributed by atoms with Crippen molar-refractivity contribution in [2.75, 3.05) is 6.54 Å². The van der Waals surface area contributed by atoms with Crippen molar-refractivity contribution in [2.45, 2.75) is 19.6 Å². The van der Waals surface area contributed by atoms with Crippen molar-refractivity contribution in [1.29, 1.82) is 0 Å². The van der Waals surface area contributed by atoms with Crippen molar-refractivity contribution in [3.63, 3.8) is 0 Å². The zero-order valence-electron chi connectivity index (χ0n) is 13.7. The molecule has 3 aromatic rings. The first kappa shape index (κ1) is 17.0. The number of halogens is 1. The van der Waals surface area contributed by atoms with Crippen LogP contribution < -0.4 is 10.2 Å². The third-order valence-corrected chi connectivity index (χ3v) is 3.82. The summed E-state index contributed by atoms with van der Waals surface area (Å²) in [7, 11) is 0. The minimum absolute atomic E-state index is 0.0857. The second-order valence-corrected chi connectivity index (χ2v) is 5.84. The number of amides is 1. The molecule has 3 rings (SSSR count). The van der Waals surface area contributed by atoms with E-state index in [0.29, 0.717) is 19.6 Å². The molecule has 0 unspecified atom stereocenters. The van der Waals surface area contributed by atoms with Gasteiger partial charge in [0.2, 0.25) is 0 Å². The smallest absolute Gasteiger partial charge is 0.275 e. The molecule has 0 saturated carbocycles. The van der Waals surface area contributed by atoms with E-state index in [4.69, 9.17) is 8.83 Å². The molecular formula is C19H20FN2O3+. The SMILES string of the molecule is O=C(C[NH+](Cc1ccco1)Cc1ccco1)NCc1ccc(F)cc1. The van der Waals surface area contributed by atoms with E-state index in [1.165, 1.54) is 12.1 Å². The predicted molar refractivity (Wildman–Crippen MR) is 88.9 cm³/mol. The minimum Gasteiger partial charge on any atom is -0.463 e. The number of rotatable bonds is 8. The Kier molecular flexibility index (Phi) is 5.64. The number of hydrogen-bond donors (Lipinski definition) is 2. The molecule has 0 bridgehead atoms. The first-order valence-corrected chi connectivity index (χ1v) is 8.08. The number of carbonyl (C=O) groups is 1. The summed E-state index contributed by atoms with van der Waals surface area (Å²) in [5, 5.41) is 2.86. The van der Waals surface area contributed by atoms with Crippen LogP contribution in [-0.2, 0) is 24.4 Å². The highest BCUT2D eigenvalue weighted by molar-refractivity contribution is 5.76. The Labute approximate surface area is 145 Å². The van der Waals surface area contributed by atoms with E-state index in [-0.39, 0.29) is 18.3 Å². The fraction of sp³-hybridized carbons (Fsp3) is 0.211. The summed E-state index contributed by atoms with van der Waals surface area (Å²) >= 11 is 0. The molecule has 2 heterocycles. The summed E-state index contributed by atoms with van der Waals surface area (Å²) < 4.78 is 23.7. The van der Waals surface area contributed by atoms with E-state index in [1.807, 2.05) is 24.3 Å². The molecular weight excluding hydrogens is 323 g/mol. The van der Waals surface area contributed by atoms with Gasteiger partial charge in [0.1, 0.15) is 18.9 Å². The number of nitrogens with one attached hydrogen (secondary N) is 2. The highest BCUT2D eigenvalue weighted by atomic mass is 19.1. The fourth-order valence-electron chi connectivity index (χ4n) is 2.60. The zero-order chi connectivity index (χ0) is 17.5. The molecule has 2 N–H and O–H groups in total. The molecule has 0 aliphatic rings. The lowest BCUT2D eigenvalue weighted by Crippen LogP contribution is -3.10. The third-order valence-electron chi connectivity index (χ3n) is 3.82. The molecule has 0 aliphatic heterocycles. The van der Waals surface area contributed by atoms with Crippen molar-refractivity contribution < 1.29 is 22.9 Å². The number of quaternary nitrogens is 1. The van der Waals surface area contributed by atoms with Crippen LogP contribution in [0.3, 0.4) is 0 Å². The zero-order valence-corrected chi connectivity index (χ0v) is 13.7. The van der Waals surface area contributed by atoms with Gasteiger partial charge in [-0.1, -0.05) is 12.1 Å². The average Bonchev–Trinajstić information content (AvgIpc) is 3.28. The van der Waals surface area contributed by atoms with Crippen LogP contribution in [0.4, 0.5) is 4.39 Å². The van der Waals surface area contributed by atoms with Gasteiger partial charge >= 0.3 is 0 Å². The normalized spacial score (nSPS) is 11.0. The third kappa shape index (κ3) is 5.32. The van der Waals surface area contributed by atoms with Crippen LogP contribution in [0, 0.1) is 5.82 Å². The van der Waals surface area contributed by atoms with Crippen LogP contribution >= 0.6 is 0 Å². The number of carbonyl (C=O) groups excluding carboxylic acids is 1. The Bertz CT molecular complexity index is 731. The quantitative estimate of drug-likeness (QED) is 0.657. The Morgan fingerprint density at radius 3 is 2.08 bits per heavy atom. The van der Waals surface area contributed by atoms with Gasteiger partial charge in [0, 0.05) is 6.54 Å². The number of hydrogen-bond acceptors (Lipinski definition) is 3. The topological polar surface area (TPSA) is 59.8 Å². The highest BCUT2D eigenvalue weighted by Crippen LogP contribution is 2.02. The maximum Gasteiger partial charge on any atom is 0.275 e. The van der Waals surface area contributed by atoms with E-state index < -0.39 is 0 Å². The van der Waals surface area contributed by atoms with Gasteiger partial charge in [-0.3, -0.25) is 4.79 Å². The summed E-state index contributed by atoms with van der Waals surface area (Å²) in [5.41, 5.74) is 0.855. The van der Waals surface area contributed by atoms with Gasteiger partial charge in [-0.2, -0.15) is 0 Å². The van der Waals surface area contributed by atoms with E-state index in [9.17, 15) is 9.18 Å². The van der Waals surface area contributed by atoms with Crippen LogP contribution in [0.5, 0.6) is 0 Å². The standard InChI is InChI=1S/C19H19FN2O3/c20-16-7-5-15(6-8-16)11-21-19(23)14-22(12-17-3-1-9-24-17)13-18-4-2-10-25-18/h1-10H,11-14H2,(H,21,23)/p+1. The lowest BCUT2D eigenvalue weighted by Gasteiger charge is -2.17. The Morgan fingerprint density at radius 1 is 0.960 bits per heavy atom. The molecule has 2 aromatic heterocycles. The summed E-state index contributed by atoms with van der Waals surface area (Å²) in [4.78, 5) is 13.3. The minimum atomic E-state index is -0.289. The van der Waals surface area contributed by atoms with E-state index in [2.05, 4.69) is 5.32 Å². The summed E-state index contributed by atoms with van der Waals surface area (Å²) in [6.45, 7) is 1.81. The fourth-order valence-corrected chi connectivity index (χ4v) is 2.60. The van der Waals surface area contributed by atoms with Crippen molar-refractivity contribution >= 4 is 5.91 Å². The monoisotopic (exact) mass is 343 g/mol. The van der Waals surface area contributed by atoms with Crippen LogP contribution in [0.1, 0.15) is 17.1 Å². The van der Waals surface area contributed by atoms with Gasteiger partial charge in [-0.05, 0) is 42.0 Å². The van der Waals surface area contributed by atoms with Crippen LogP contribution in [0.2, 0.25) is 0 Å². The van der Waals surface area contributed by atoms with Gasteiger partial charge in [-0.25, -0.2) is 4.39 Å². The summed E-state index contributed by atoms with van der Waals surface area (Å²) in [5.74, 6) is 1.25. The second-order valence-electron chi connectivity index (χ2n) is 5.84. The maximum atomic E-state index is 12.9. The first-order chi connectivity index (χ1) is 12.2. The molecule has 0 fully saturated rings. The van der Waals surface area contributed by atoms with Gasteiger partial charge in [-0.15, -0.1) is 0 Å². The Hall–Kier alpha value is -2.86. The van der Waals surface area contributed by atoms with Crippen molar-refractivity contribution in [1.82, 2.24) is 5.32 Å². The number of furan rings is 2. The van der Waals surface area contributed by atoms with Crippen LogP contribution in [0.15, 0.2) is 69.9 Å². The summed E-state index contributed by atoms with van der Waals surface area (Å²) in [6, 6.07) is 13.5. The highest BCUT2D eigenvalue weighted by Gasteiger charge is 2.18. The van der Waals surface area contributed by atoms with E-state index in [0.717, 1.165) is 22.0 Å². The molecule has 0 aliphatic carbocycles. The molecule has 0 atom stereocenters. The van der Waals surface area contributed by atoms with Gasteiger partial charge in [0.05, 0.1) is 12.5 Å².